The molecular weight excluding hydrogens is 500 g/mol. The van der Waals surface area contributed by atoms with Crippen molar-refractivity contribution >= 4 is 44.0 Å². The summed E-state index contributed by atoms with van der Waals surface area (Å²) in [4.78, 5) is 12.2. The van der Waals surface area contributed by atoms with E-state index in [1.165, 1.54) is 0 Å². The number of carbonyl (C=O) groups excluding carboxylic acids is 1. The maximum absolute atomic E-state index is 12.2. The third-order valence-corrected chi connectivity index (χ3v) is 5.21. The van der Waals surface area contributed by atoms with E-state index in [1.807, 2.05) is 42.5 Å². The lowest BCUT2D eigenvalue weighted by Gasteiger charge is -2.11. The van der Waals surface area contributed by atoms with Gasteiger partial charge in [0, 0.05) is 8.95 Å². The van der Waals surface area contributed by atoms with Crippen molar-refractivity contribution in [1.82, 2.24) is 5.43 Å². The van der Waals surface area contributed by atoms with Crippen molar-refractivity contribution in [2.24, 2.45) is 5.10 Å². The first-order chi connectivity index (χ1) is 14.1. The fraction of sp³-hybridized carbons (Fsp3) is 0.0909. The molecule has 0 spiro atoms. The Bertz CT molecular complexity index is 1020. The second kappa shape index (κ2) is 10.2. The van der Waals surface area contributed by atoms with Crippen molar-refractivity contribution in [3.8, 4) is 11.5 Å². The van der Waals surface area contributed by atoms with Crippen LogP contribution in [0.4, 0.5) is 0 Å². The Morgan fingerprint density at radius 1 is 1.03 bits per heavy atom. The largest absolute Gasteiger partial charge is 0.493 e. The normalized spacial score (nSPS) is 10.7. The number of hydrazone groups is 1. The zero-order valence-electron chi connectivity index (χ0n) is 15.6. The predicted molar refractivity (Wildman–Crippen MR) is 121 cm³/mol. The van der Waals surface area contributed by atoms with Crippen molar-refractivity contribution in [1.29, 1.82) is 0 Å². The number of ether oxygens (including phenoxy) is 2. The van der Waals surface area contributed by atoms with E-state index in [-0.39, 0.29) is 5.91 Å². The molecule has 7 heteroatoms. The highest BCUT2D eigenvalue weighted by Crippen LogP contribution is 2.28. The standard InChI is InChI=1S/C22H18Br2N2O3/c1-28-21-12-16(13-25-26-22(27)18-4-2-3-5-19(18)24)8-11-20(21)29-14-15-6-9-17(23)10-7-15/h2-13H,14H2,1H3,(H,26,27)/b25-13-. The van der Waals surface area contributed by atoms with Crippen LogP contribution in [0, 0.1) is 0 Å². The summed E-state index contributed by atoms with van der Waals surface area (Å²) in [5.74, 6) is 0.920. The van der Waals surface area contributed by atoms with Gasteiger partial charge in [0.1, 0.15) is 6.61 Å². The van der Waals surface area contributed by atoms with Crippen LogP contribution in [0.15, 0.2) is 80.8 Å². The van der Waals surface area contributed by atoms with Crippen molar-refractivity contribution in [3.63, 3.8) is 0 Å². The molecule has 0 aliphatic heterocycles. The van der Waals surface area contributed by atoms with Crippen LogP contribution in [0.25, 0.3) is 0 Å². The molecule has 0 aliphatic rings. The molecule has 1 amide bonds. The van der Waals surface area contributed by atoms with Crippen LogP contribution in [-0.4, -0.2) is 19.2 Å². The molecule has 0 heterocycles. The molecule has 29 heavy (non-hydrogen) atoms. The average Bonchev–Trinajstić information content (AvgIpc) is 2.74. The Labute approximate surface area is 186 Å². The summed E-state index contributed by atoms with van der Waals surface area (Å²) in [6.07, 6.45) is 1.55. The molecule has 1 N–H and O–H groups in total. The number of amides is 1. The molecule has 0 aliphatic carbocycles. The lowest BCUT2D eigenvalue weighted by atomic mass is 10.2. The second-order valence-electron chi connectivity index (χ2n) is 6.00. The Kier molecular flexibility index (Phi) is 7.43. The van der Waals surface area contributed by atoms with Gasteiger partial charge in [0.25, 0.3) is 5.91 Å². The molecule has 3 rings (SSSR count). The smallest absolute Gasteiger partial charge is 0.272 e. The molecule has 0 bridgehead atoms. The fourth-order valence-electron chi connectivity index (χ4n) is 2.50. The van der Waals surface area contributed by atoms with Crippen LogP contribution in [-0.2, 0) is 6.61 Å². The molecule has 3 aromatic carbocycles. The van der Waals surface area contributed by atoms with Gasteiger partial charge in [-0.25, -0.2) is 5.43 Å². The molecule has 0 fully saturated rings. The van der Waals surface area contributed by atoms with Crippen molar-refractivity contribution in [2.75, 3.05) is 7.11 Å². The molecule has 0 radical (unpaired) electrons. The molecular formula is C22H18Br2N2O3. The van der Waals surface area contributed by atoms with Crippen LogP contribution >= 0.6 is 31.9 Å². The van der Waals surface area contributed by atoms with E-state index < -0.39 is 0 Å². The number of carbonyl (C=O) groups is 1. The zero-order chi connectivity index (χ0) is 20.6. The van der Waals surface area contributed by atoms with Gasteiger partial charge in [-0.3, -0.25) is 4.79 Å². The van der Waals surface area contributed by atoms with E-state index >= 15 is 0 Å². The number of benzene rings is 3. The number of halogens is 2. The van der Waals surface area contributed by atoms with E-state index in [2.05, 4.69) is 42.4 Å². The maximum atomic E-state index is 12.2. The van der Waals surface area contributed by atoms with Crippen LogP contribution in [0.5, 0.6) is 11.5 Å². The van der Waals surface area contributed by atoms with Crippen molar-refractivity contribution in [2.45, 2.75) is 6.61 Å². The van der Waals surface area contributed by atoms with Crippen LogP contribution in [0.1, 0.15) is 21.5 Å². The third-order valence-electron chi connectivity index (χ3n) is 3.99. The van der Waals surface area contributed by atoms with Gasteiger partial charge in [-0.15, -0.1) is 0 Å². The second-order valence-corrected chi connectivity index (χ2v) is 7.77. The van der Waals surface area contributed by atoms with E-state index in [0.717, 1.165) is 15.6 Å². The quantitative estimate of drug-likeness (QED) is 0.329. The molecule has 0 unspecified atom stereocenters. The summed E-state index contributed by atoms with van der Waals surface area (Å²) in [6.45, 7) is 0.430. The molecule has 0 saturated heterocycles. The minimum Gasteiger partial charge on any atom is -0.493 e. The summed E-state index contributed by atoms with van der Waals surface area (Å²) in [6, 6.07) is 20.5. The van der Waals surface area contributed by atoms with Gasteiger partial charge >= 0.3 is 0 Å². The van der Waals surface area contributed by atoms with E-state index in [1.54, 1.807) is 37.6 Å². The SMILES string of the molecule is COc1cc(/C=N\NC(=O)c2ccccc2Br)ccc1OCc1ccc(Br)cc1. The van der Waals surface area contributed by atoms with Crippen LogP contribution in [0.3, 0.4) is 0 Å². The lowest BCUT2D eigenvalue weighted by Crippen LogP contribution is -2.18. The highest BCUT2D eigenvalue weighted by Gasteiger charge is 2.08. The summed E-state index contributed by atoms with van der Waals surface area (Å²) < 4.78 is 13.0. The summed E-state index contributed by atoms with van der Waals surface area (Å²) in [5.41, 5.74) is 4.85. The number of rotatable bonds is 7. The van der Waals surface area contributed by atoms with E-state index in [0.29, 0.717) is 28.1 Å². The van der Waals surface area contributed by atoms with Crippen molar-refractivity contribution in [3.05, 3.63) is 92.4 Å². The zero-order valence-corrected chi connectivity index (χ0v) is 18.7. The first kappa shape index (κ1) is 21.1. The highest BCUT2D eigenvalue weighted by molar-refractivity contribution is 9.10. The molecule has 0 aromatic heterocycles. The first-order valence-electron chi connectivity index (χ1n) is 8.70. The minimum absolute atomic E-state index is 0.296. The fourth-order valence-corrected chi connectivity index (χ4v) is 3.23. The van der Waals surface area contributed by atoms with Crippen LogP contribution in [0.2, 0.25) is 0 Å². The molecule has 148 valence electrons. The first-order valence-corrected chi connectivity index (χ1v) is 10.3. The molecule has 3 aromatic rings. The Morgan fingerprint density at radius 2 is 1.79 bits per heavy atom. The third kappa shape index (κ3) is 5.92. The van der Waals surface area contributed by atoms with Gasteiger partial charge in [-0.05, 0) is 69.5 Å². The van der Waals surface area contributed by atoms with Gasteiger partial charge in [0.2, 0.25) is 0 Å². The monoisotopic (exact) mass is 516 g/mol. The van der Waals surface area contributed by atoms with E-state index in [9.17, 15) is 4.79 Å². The number of nitrogens with zero attached hydrogens (tertiary/aromatic N) is 1. The number of nitrogens with one attached hydrogen (secondary N) is 1. The number of hydrogen-bond donors (Lipinski definition) is 1. The maximum Gasteiger partial charge on any atom is 0.272 e. The van der Waals surface area contributed by atoms with Gasteiger partial charge in [0.15, 0.2) is 11.5 Å². The summed E-state index contributed by atoms with van der Waals surface area (Å²) in [7, 11) is 1.58. The molecule has 0 atom stereocenters. The highest BCUT2D eigenvalue weighted by atomic mass is 79.9. The Morgan fingerprint density at radius 3 is 2.52 bits per heavy atom. The summed E-state index contributed by atoms with van der Waals surface area (Å²) in [5, 5.41) is 4.02. The minimum atomic E-state index is -0.296. The van der Waals surface area contributed by atoms with E-state index in [4.69, 9.17) is 9.47 Å². The topological polar surface area (TPSA) is 59.9 Å². The Balaban J connectivity index is 1.63. The van der Waals surface area contributed by atoms with Gasteiger partial charge in [-0.2, -0.15) is 5.10 Å². The summed E-state index contributed by atoms with van der Waals surface area (Å²) >= 11 is 6.77. The molecule has 5 nitrogen and oxygen atoms in total. The van der Waals surface area contributed by atoms with Gasteiger partial charge in [-0.1, -0.05) is 40.2 Å². The molecule has 0 saturated carbocycles. The number of hydrogen-bond acceptors (Lipinski definition) is 4. The van der Waals surface area contributed by atoms with Gasteiger partial charge < -0.3 is 9.47 Å². The lowest BCUT2D eigenvalue weighted by molar-refractivity contribution is 0.0954. The van der Waals surface area contributed by atoms with Crippen molar-refractivity contribution < 1.29 is 14.3 Å². The Hall–Kier alpha value is -2.64. The predicted octanol–water partition coefficient (Wildman–Crippen LogP) is 5.56. The van der Waals surface area contributed by atoms with Crippen LogP contribution < -0.4 is 14.9 Å². The average molecular weight is 518 g/mol. The van der Waals surface area contributed by atoms with Gasteiger partial charge in [0.05, 0.1) is 18.9 Å². The number of methoxy groups -OCH3 is 1.